The Balaban J connectivity index is 0.00000341. The molecule has 1 aliphatic rings. The number of hydrogen-bond acceptors (Lipinski definition) is 7. The number of aromatic nitrogens is 1. The largest absolute Gasteiger partial charge is 0.534 e. The molecule has 0 bridgehead atoms. The van der Waals surface area contributed by atoms with Gasteiger partial charge in [-0.1, -0.05) is 38.3 Å². The van der Waals surface area contributed by atoms with Gasteiger partial charge in [0.05, 0.1) is 17.4 Å². The molecule has 1 saturated carbocycles. The average molecular weight is 500 g/mol. The van der Waals surface area contributed by atoms with Gasteiger partial charge in [-0.15, -0.1) is 11.3 Å². The summed E-state index contributed by atoms with van der Waals surface area (Å²) in [5.41, 5.74) is -5.45. The van der Waals surface area contributed by atoms with Crippen LogP contribution in [0.2, 0.25) is 5.15 Å². The van der Waals surface area contributed by atoms with Gasteiger partial charge in [-0.05, 0) is 19.8 Å². The van der Waals surface area contributed by atoms with Crippen LogP contribution in [0.25, 0.3) is 10.2 Å². The number of alkyl halides is 3. The lowest BCUT2D eigenvalue weighted by atomic mass is 9.95. The molecule has 0 unspecified atom stereocenters. The Labute approximate surface area is 187 Å². The molecule has 1 aliphatic carbocycles. The third-order valence-corrected chi connectivity index (χ3v) is 6.81. The zero-order valence-corrected chi connectivity index (χ0v) is 18.0. The quantitative estimate of drug-likeness (QED) is 0.129. The number of nitrogens with zero attached hydrogens (tertiary/aromatic N) is 3. The lowest BCUT2D eigenvalue weighted by molar-refractivity contribution is -0.116. The minimum Gasteiger partial charge on any atom is -0.375 e. The highest BCUT2D eigenvalue weighted by Crippen LogP contribution is 2.44. The first-order chi connectivity index (χ1) is 14.0. The van der Waals surface area contributed by atoms with Crippen LogP contribution in [0.4, 0.5) is 18.9 Å². The van der Waals surface area contributed by atoms with Crippen molar-refractivity contribution >= 4 is 61.7 Å². The molecule has 13 heteroatoms. The SMILES string of the molecule is C.Cc1sc2nc(Cl)cc(OS(=O)(=O)C(F)(F)F)c2c1N=CN(C=O)C1CCCCC1. The number of hydrogen-bond donors (Lipinski definition) is 0. The van der Waals surface area contributed by atoms with Crippen LogP contribution in [0, 0.1) is 6.92 Å². The highest BCUT2D eigenvalue weighted by molar-refractivity contribution is 7.88. The number of aliphatic imine (C=N–C) groups is 1. The van der Waals surface area contributed by atoms with Crippen molar-refractivity contribution in [3.63, 3.8) is 0 Å². The van der Waals surface area contributed by atoms with E-state index in [-0.39, 0.29) is 34.5 Å². The summed E-state index contributed by atoms with van der Waals surface area (Å²) in [6.07, 6.45) is 6.65. The molecule has 0 aliphatic heterocycles. The Morgan fingerprint density at radius 2 is 1.97 bits per heavy atom. The molecule has 0 saturated heterocycles. The van der Waals surface area contributed by atoms with Crippen LogP contribution in [0.3, 0.4) is 0 Å². The molecule has 2 heterocycles. The zero-order valence-electron chi connectivity index (χ0n) is 15.6. The molecular weight excluding hydrogens is 479 g/mol. The first kappa shape index (κ1) is 25.3. The number of fused-ring (bicyclic) bond motifs is 1. The molecular formula is C18H21ClF3N3O4S2. The fourth-order valence-electron chi connectivity index (χ4n) is 3.23. The Kier molecular flexibility index (Phi) is 7.93. The fraction of sp³-hybridized carbons (Fsp3) is 0.500. The second kappa shape index (κ2) is 9.70. The summed E-state index contributed by atoms with van der Waals surface area (Å²) in [6.45, 7) is 1.64. The van der Waals surface area contributed by atoms with Crippen molar-refractivity contribution in [2.24, 2.45) is 4.99 Å². The molecule has 1 fully saturated rings. The summed E-state index contributed by atoms with van der Waals surface area (Å²) in [4.78, 5) is 21.9. The van der Waals surface area contributed by atoms with Gasteiger partial charge in [-0.2, -0.15) is 21.6 Å². The Hall–Kier alpha value is -1.92. The van der Waals surface area contributed by atoms with E-state index in [1.54, 1.807) is 6.92 Å². The third kappa shape index (κ3) is 5.47. The van der Waals surface area contributed by atoms with E-state index in [1.807, 2.05) is 0 Å². The van der Waals surface area contributed by atoms with E-state index in [2.05, 4.69) is 14.2 Å². The van der Waals surface area contributed by atoms with Crippen molar-refractivity contribution in [2.75, 3.05) is 0 Å². The number of thiophene rings is 1. The van der Waals surface area contributed by atoms with Crippen molar-refractivity contribution in [2.45, 2.75) is 58.0 Å². The van der Waals surface area contributed by atoms with E-state index in [1.165, 1.54) is 11.2 Å². The number of carbonyl (C=O) groups is 1. The van der Waals surface area contributed by atoms with Crippen molar-refractivity contribution < 1.29 is 30.6 Å². The van der Waals surface area contributed by atoms with E-state index < -0.39 is 21.4 Å². The predicted octanol–water partition coefficient (Wildman–Crippen LogP) is 5.57. The van der Waals surface area contributed by atoms with Gasteiger partial charge in [0.25, 0.3) is 0 Å². The Bertz CT molecular complexity index is 1080. The summed E-state index contributed by atoms with van der Waals surface area (Å²) in [7, 11) is -5.92. The number of rotatable bonds is 6. The molecule has 0 spiro atoms. The number of pyridine rings is 1. The van der Waals surface area contributed by atoms with E-state index in [0.29, 0.717) is 11.3 Å². The zero-order chi connectivity index (χ0) is 22.1. The van der Waals surface area contributed by atoms with Crippen molar-refractivity contribution in [1.82, 2.24) is 9.88 Å². The second-order valence-electron chi connectivity index (χ2n) is 6.70. The van der Waals surface area contributed by atoms with Gasteiger partial charge in [0, 0.05) is 17.0 Å². The normalized spacial score (nSPS) is 15.8. The highest BCUT2D eigenvalue weighted by atomic mass is 35.5. The van der Waals surface area contributed by atoms with E-state index in [4.69, 9.17) is 11.6 Å². The minimum atomic E-state index is -5.92. The van der Waals surface area contributed by atoms with Gasteiger partial charge in [-0.3, -0.25) is 4.79 Å². The van der Waals surface area contributed by atoms with E-state index in [0.717, 1.165) is 49.5 Å². The van der Waals surface area contributed by atoms with Gasteiger partial charge in [0.15, 0.2) is 5.75 Å². The molecule has 2 aromatic rings. The molecule has 0 N–H and O–H groups in total. The average Bonchev–Trinajstić information content (AvgIpc) is 2.97. The number of carbonyl (C=O) groups excluding carboxylic acids is 1. The maximum Gasteiger partial charge on any atom is 0.534 e. The van der Waals surface area contributed by atoms with Crippen LogP contribution >= 0.6 is 22.9 Å². The third-order valence-electron chi connectivity index (χ3n) is 4.66. The highest BCUT2D eigenvalue weighted by Gasteiger charge is 2.49. The molecule has 0 aromatic carbocycles. The first-order valence-corrected chi connectivity index (χ1v) is 11.5. The second-order valence-corrected chi connectivity index (χ2v) is 9.83. The van der Waals surface area contributed by atoms with Crippen LogP contribution in [0.1, 0.15) is 44.4 Å². The molecule has 7 nitrogen and oxygen atoms in total. The van der Waals surface area contributed by atoms with Gasteiger partial charge in [0.1, 0.15) is 9.98 Å². The molecule has 172 valence electrons. The smallest absolute Gasteiger partial charge is 0.375 e. The fourth-order valence-corrected chi connectivity index (χ4v) is 4.91. The van der Waals surface area contributed by atoms with Gasteiger partial charge < -0.3 is 9.08 Å². The van der Waals surface area contributed by atoms with Gasteiger partial charge in [0.2, 0.25) is 6.41 Å². The summed E-state index contributed by atoms with van der Waals surface area (Å²) in [6, 6.07) is 0.871. The monoisotopic (exact) mass is 499 g/mol. The van der Waals surface area contributed by atoms with E-state index >= 15 is 0 Å². The number of halogens is 4. The lowest BCUT2D eigenvalue weighted by Crippen LogP contribution is -2.34. The van der Waals surface area contributed by atoms with Crippen molar-refractivity contribution in [1.29, 1.82) is 0 Å². The van der Waals surface area contributed by atoms with Gasteiger partial charge in [-0.25, -0.2) is 9.98 Å². The van der Waals surface area contributed by atoms with E-state index in [9.17, 15) is 26.4 Å². The van der Waals surface area contributed by atoms with Crippen LogP contribution in [0.15, 0.2) is 11.1 Å². The number of aryl methyl sites for hydroxylation is 1. The molecule has 0 atom stereocenters. The topological polar surface area (TPSA) is 88.9 Å². The Morgan fingerprint density at radius 3 is 2.55 bits per heavy atom. The number of amides is 1. The standard InChI is InChI=1S/C17H17ClF3N3O4S2.CH4/c1-10-15(22-8-24(9-25)11-5-3-2-4-6-11)14-12(7-13(18)23-16(14)29-10)28-30(26,27)17(19,20)21;/h7-9,11H,2-6H2,1H3;1H4. The Morgan fingerprint density at radius 1 is 1.32 bits per heavy atom. The molecule has 0 radical (unpaired) electrons. The maximum atomic E-state index is 12.8. The summed E-state index contributed by atoms with van der Waals surface area (Å²) < 4.78 is 65.8. The van der Waals surface area contributed by atoms with Gasteiger partial charge >= 0.3 is 15.6 Å². The maximum absolute atomic E-state index is 12.8. The lowest BCUT2D eigenvalue weighted by Gasteiger charge is -2.27. The summed E-state index contributed by atoms with van der Waals surface area (Å²) >= 11 is 6.89. The van der Waals surface area contributed by atoms with Crippen LogP contribution < -0.4 is 4.18 Å². The van der Waals surface area contributed by atoms with Crippen LogP contribution in [-0.4, -0.2) is 42.6 Å². The summed E-state index contributed by atoms with van der Waals surface area (Å²) in [5.74, 6) is -0.630. The van der Waals surface area contributed by atoms with Crippen LogP contribution in [-0.2, 0) is 14.9 Å². The van der Waals surface area contributed by atoms with Crippen molar-refractivity contribution in [3.8, 4) is 5.75 Å². The van der Waals surface area contributed by atoms with Crippen LogP contribution in [0.5, 0.6) is 5.75 Å². The predicted molar refractivity (Wildman–Crippen MR) is 115 cm³/mol. The molecule has 2 aromatic heterocycles. The summed E-state index contributed by atoms with van der Waals surface area (Å²) in [5, 5.41) is -0.260. The molecule has 1 amide bonds. The molecule has 31 heavy (non-hydrogen) atoms. The molecule has 3 rings (SSSR count). The minimum absolute atomic E-state index is 0. The first-order valence-electron chi connectivity index (χ1n) is 8.91. The van der Waals surface area contributed by atoms with Crippen molar-refractivity contribution in [3.05, 3.63) is 16.1 Å².